The van der Waals surface area contributed by atoms with Crippen LogP contribution in [-0.2, 0) is 11.3 Å². The molecule has 108 valence electrons. The van der Waals surface area contributed by atoms with E-state index in [1.165, 1.54) is 6.07 Å². The zero-order chi connectivity index (χ0) is 14.5. The van der Waals surface area contributed by atoms with Gasteiger partial charge in [0.05, 0.1) is 11.5 Å². The summed E-state index contributed by atoms with van der Waals surface area (Å²) in [6.45, 7) is 4.22. The van der Waals surface area contributed by atoms with Gasteiger partial charge in [0.1, 0.15) is 0 Å². The van der Waals surface area contributed by atoms with Crippen LogP contribution in [0.4, 0.5) is 5.69 Å². The molecular weight excluding hydrogens is 260 g/mol. The molecule has 2 N–H and O–H groups in total. The zero-order valence-electron chi connectivity index (χ0n) is 11.2. The lowest BCUT2D eigenvalue weighted by molar-refractivity contribution is -0.384. The minimum atomic E-state index is -0.381. The highest BCUT2D eigenvalue weighted by Gasteiger charge is 2.18. The number of nitrogens with zero attached hydrogens (tertiary/aromatic N) is 3. The molecule has 0 atom stereocenters. The molecule has 1 aromatic carbocycles. The average molecular weight is 278 g/mol. The van der Waals surface area contributed by atoms with E-state index in [2.05, 4.69) is 4.90 Å². The van der Waals surface area contributed by atoms with Crippen LogP contribution in [0.1, 0.15) is 5.56 Å². The molecule has 1 aliphatic rings. The van der Waals surface area contributed by atoms with E-state index in [-0.39, 0.29) is 16.5 Å². The minimum absolute atomic E-state index is 0.120. The summed E-state index contributed by atoms with van der Waals surface area (Å²) in [5.74, 6) is -0.308. The molecule has 1 heterocycles. The van der Waals surface area contributed by atoms with Gasteiger partial charge in [0.2, 0.25) is 5.91 Å². The van der Waals surface area contributed by atoms with Gasteiger partial charge in [-0.15, -0.1) is 0 Å². The maximum atomic E-state index is 10.8. The number of carbonyl (C=O) groups is 1. The average Bonchev–Trinajstić information content (AvgIpc) is 2.41. The number of piperazine rings is 1. The molecule has 0 saturated carbocycles. The van der Waals surface area contributed by atoms with E-state index in [9.17, 15) is 14.9 Å². The Bertz CT molecular complexity index is 498. The van der Waals surface area contributed by atoms with Crippen LogP contribution < -0.4 is 5.73 Å². The second-order valence-electron chi connectivity index (χ2n) is 4.95. The monoisotopic (exact) mass is 278 g/mol. The van der Waals surface area contributed by atoms with Gasteiger partial charge in [-0.1, -0.05) is 12.1 Å². The first-order valence-corrected chi connectivity index (χ1v) is 6.51. The van der Waals surface area contributed by atoms with Crippen LogP contribution in [0.3, 0.4) is 0 Å². The fourth-order valence-electron chi connectivity index (χ4n) is 2.35. The Hall–Kier alpha value is -1.99. The predicted octanol–water partition coefficient (Wildman–Crippen LogP) is 0.198. The Morgan fingerprint density at radius 1 is 1.25 bits per heavy atom. The van der Waals surface area contributed by atoms with Crippen LogP contribution in [0.2, 0.25) is 0 Å². The van der Waals surface area contributed by atoms with Crippen molar-refractivity contribution < 1.29 is 9.72 Å². The third kappa shape index (κ3) is 4.01. The summed E-state index contributed by atoms with van der Waals surface area (Å²) in [5, 5.41) is 10.7. The molecule has 0 bridgehead atoms. The number of benzene rings is 1. The molecular formula is C13H18N4O3. The summed E-state index contributed by atoms with van der Waals surface area (Å²) in [4.78, 5) is 25.4. The first kappa shape index (κ1) is 14.4. The van der Waals surface area contributed by atoms with E-state index >= 15 is 0 Å². The van der Waals surface area contributed by atoms with E-state index in [4.69, 9.17) is 5.73 Å². The van der Waals surface area contributed by atoms with E-state index in [1.54, 1.807) is 12.1 Å². The van der Waals surface area contributed by atoms with Gasteiger partial charge in [-0.2, -0.15) is 0 Å². The summed E-state index contributed by atoms with van der Waals surface area (Å²) in [6.07, 6.45) is 0. The fourth-order valence-corrected chi connectivity index (χ4v) is 2.35. The lowest BCUT2D eigenvalue weighted by Gasteiger charge is -2.33. The third-order valence-electron chi connectivity index (χ3n) is 3.37. The molecule has 1 aliphatic heterocycles. The van der Waals surface area contributed by atoms with Crippen molar-refractivity contribution in [3.05, 3.63) is 39.9 Å². The summed E-state index contributed by atoms with van der Waals surface area (Å²) < 4.78 is 0. The number of carbonyl (C=O) groups excluding carboxylic acids is 1. The molecule has 20 heavy (non-hydrogen) atoms. The molecule has 7 heteroatoms. The summed E-state index contributed by atoms with van der Waals surface area (Å²) in [6, 6.07) is 6.70. The fraction of sp³-hybridized carbons (Fsp3) is 0.462. The maximum Gasteiger partial charge on any atom is 0.269 e. The topological polar surface area (TPSA) is 92.7 Å². The van der Waals surface area contributed by atoms with Crippen molar-refractivity contribution in [2.24, 2.45) is 5.73 Å². The van der Waals surface area contributed by atoms with Crippen LogP contribution in [0.5, 0.6) is 0 Å². The van der Waals surface area contributed by atoms with Crippen LogP contribution in [0.15, 0.2) is 24.3 Å². The number of non-ortho nitro benzene ring substituents is 1. The largest absolute Gasteiger partial charge is 0.369 e. The number of primary amides is 1. The van der Waals surface area contributed by atoms with E-state index in [1.807, 2.05) is 11.0 Å². The van der Waals surface area contributed by atoms with Crippen LogP contribution in [0.25, 0.3) is 0 Å². The Balaban J connectivity index is 1.88. The van der Waals surface area contributed by atoms with Crippen molar-refractivity contribution in [3.8, 4) is 0 Å². The van der Waals surface area contributed by atoms with Crippen molar-refractivity contribution in [3.63, 3.8) is 0 Å². The normalized spacial score (nSPS) is 17.0. The highest BCUT2D eigenvalue weighted by Crippen LogP contribution is 2.15. The Labute approximate surface area is 117 Å². The van der Waals surface area contributed by atoms with Crippen molar-refractivity contribution >= 4 is 11.6 Å². The standard InChI is InChI=1S/C13H18N4O3/c14-13(18)10-16-6-4-15(5-7-16)9-11-2-1-3-12(8-11)17(19)20/h1-3,8H,4-7,9-10H2,(H2,14,18). The summed E-state index contributed by atoms with van der Waals surface area (Å²) in [7, 11) is 0. The van der Waals surface area contributed by atoms with Gasteiger partial charge in [0, 0.05) is 44.9 Å². The molecule has 0 radical (unpaired) electrons. The molecule has 0 aromatic heterocycles. The number of nitro groups is 1. The molecule has 1 saturated heterocycles. The Morgan fingerprint density at radius 3 is 2.50 bits per heavy atom. The second kappa shape index (κ2) is 6.44. The van der Waals surface area contributed by atoms with Crippen LogP contribution in [-0.4, -0.2) is 53.4 Å². The smallest absolute Gasteiger partial charge is 0.269 e. The van der Waals surface area contributed by atoms with Gasteiger partial charge < -0.3 is 5.73 Å². The van der Waals surface area contributed by atoms with Crippen molar-refractivity contribution in [1.29, 1.82) is 0 Å². The second-order valence-corrected chi connectivity index (χ2v) is 4.95. The molecule has 0 spiro atoms. The Kier molecular flexibility index (Phi) is 4.65. The van der Waals surface area contributed by atoms with E-state index < -0.39 is 0 Å². The minimum Gasteiger partial charge on any atom is -0.369 e. The number of amides is 1. The van der Waals surface area contributed by atoms with Gasteiger partial charge in [0.25, 0.3) is 5.69 Å². The first-order valence-electron chi connectivity index (χ1n) is 6.51. The van der Waals surface area contributed by atoms with Gasteiger partial charge in [-0.25, -0.2) is 0 Å². The van der Waals surface area contributed by atoms with Gasteiger partial charge >= 0.3 is 0 Å². The quantitative estimate of drug-likeness (QED) is 0.613. The number of nitrogens with two attached hydrogens (primary N) is 1. The Morgan fingerprint density at radius 2 is 1.90 bits per heavy atom. The van der Waals surface area contributed by atoms with Gasteiger partial charge in [0.15, 0.2) is 0 Å². The number of nitro benzene ring substituents is 1. The van der Waals surface area contributed by atoms with Crippen molar-refractivity contribution in [2.45, 2.75) is 6.54 Å². The first-order chi connectivity index (χ1) is 9.54. The highest BCUT2D eigenvalue weighted by atomic mass is 16.6. The molecule has 0 aliphatic carbocycles. The van der Waals surface area contributed by atoms with Crippen molar-refractivity contribution in [2.75, 3.05) is 32.7 Å². The number of hydrogen-bond donors (Lipinski definition) is 1. The lowest BCUT2D eigenvalue weighted by Crippen LogP contribution is -2.48. The maximum absolute atomic E-state index is 10.8. The summed E-state index contributed by atoms with van der Waals surface area (Å²) in [5.41, 5.74) is 6.22. The molecule has 2 rings (SSSR count). The molecule has 7 nitrogen and oxygen atoms in total. The number of hydrogen-bond acceptors (Lipinski definition) is 5. The van der Waals surface area contributed by atoms with E-state index in [0.717, 1.165) is 31.7 Å². The van der Waals surface area contributed by atoms with Gasteiger partial charge in [-0.3, -0.25) is 24.7 Å². The zero-order valence-corrected chi connectivity index (χ0v) is 11.2. The van der Waals surface area contributed by atoms with Crippen LogP contribution in [0, 0.1) is 10.1 Å². The third-order valence-corrected chi connectivity index (χ3v) is 3.37. The highest BCUT2D eigenvalue weighted by molar-refractivity contribution is 5.75. The van der Waals surface area contributed by atoms with Gasteiger partial charge in [-0.05, 0) is 5.56 Å². The van der Waals surface area contributed by atoms with Crippen LogP contribution >= 0.6 is 0 Å². The molecule has 1 amide bonds. The predicted molar refractivity (Wildman–Crippen MR) is 74.0 cm³/mol. The SMILES string of the molecule is NC(=O)CN1CCN(Cc2cccc([N+](=O)[O-])c2)CC1. The molecule has 1 aromatic rings. The summed E-state index contributed by atoms with van der Waals surface area (Å²) >= 11 is 0. The number of rotatable bonds is 5. The van der Waals surface area contributed by atoms with E-state index in [0.29, 0.717) is 13.1 Å². The molecule has 0 unspecified atom stereocenters. The van der Waals surface area contributed by atoms with Crippen molar-refractivity contribution in [1.82, 2.24) is 9.80 Å². The lowest BCUT2D eigenvalue weighted by atomic mass is 10.1. The molecule has 1 fully saturated rings.